The Labute approximate surface area is 98.7 Å². The van der Waals surface area contributed by atoms with Crippen LogP contribution < -0.4 is 11.2 Å². The van der Waals surface area contributed by atoms with Crippen molar-refractivity contribution in [2.75, 3.05) is 0 Å². The zero-order valence-corrected chi connectivity index (χ0v) is 10.5. The minimum Gasteiger partial charge on any atom is -0.303 e. The summed E-state index contributed by atoms with van der Waals surface area (Å²) in [5, 5.41) is 0. The maximum atomic E-state index is 12.1. The van der Waals surface area contributed by atoms with Crippen LogP contribution in [0.2, 0.25) is 0 Å². The van der Waals surface area contributed by atoms with Gasteiger partial charge in [0.2, 0.25) is 0 Å². The van der Waals surface area contributed by atoms with Gasteiger partial charge >= 0.3 is 5.69 Å². The van der Waals surface area contributed by atoms with Crippen molar-refractivity contribution in [3.05, 3.63) is 32.6 Å². The van der Waals surface area contributed by atoms with E-state index in [0.29, 0.717) is 0 Å². The molecule has 17 heavy (non-hydrogen) atoms. The predicted octanol–water partition coefficient (Wildman–Crippen LogP) is 0.313. The van der Waals surface area contributed by atoms with Gasteiger partial charge in [-0.15, -0.1) is 0 Å². The lowest BCUT2D eigenvalue weighted by molar-refractivity contribution is 0.0950. The molecule has 1 aliphatic carbocycles. The van der Waals surface area contributed by atoms with Crippen LogP contribution in [-0.4, -0.2) is 14.9 Å². The fourth-order valence-electron chi connectivity index (χ4n) is 2.08. The molecule has 0 aromatic carbocycles. The summed E-state index contributed by atoms with van der Waals surface area (Å²) in [6.07, 6.45) is 2.15. The van der Waals surface area contributed by atoms with Crippen LogP contribution in [0.3, 0.4) is 0 Å². The third-order valence-electron chi connectivity index (χ3n) is 3.54. The van der Waals surface area contributed by atoms with Crippen molar-refractivity contribution in [3.8, 4) is 0 Å². The molecule has 0 N–H and O–H groups in total. The molecule has 5 nitrogen and oxygen atoms in total. The second-order valence-corrected chi connectivity index (χ2v) is 5.41. The monoisotopic (exact) mass is 236 g/mol. The highest BCUT2D eigenvalue weighted by atomic mass is 16.2. The van der Waals surface area contributed by atoms with Crippen LogP contribution in [0, 0.1) is 11.3 Å². The molecule has 0 spiro atoms. The maximum absolute atomic E-state index is 12.1. The Balaban J connectivity index is 2.52. The Morgan fingerprint density at radius 3 is 2.35 bits per heavy atom. The van der Waals surface area contributed by atoms with Gasteiger partial charge in [-0.05, 0) is 11.8 Å². The maximum Gasteiger partial charge on any atom is 0.330 e. The lowest BCUT2D eigenvalue weighted by Gasteiger charge is -2.06. The van der Waals surface area contributed by atoms with Crippen LogP contribution >= 0.6 is 0 Å². The first-order chi connectivity index (χ1) is 7.75. The zero-order chi connectivity index (χ0) is 13.0. The average molecular weight is 236 g/mol. The number of rotatable bonds is 2. The highest BCUT2D eigenvalue weighted by Crippen LogP contribution is 2.52. The number of hydrogen-bond donors (Lipinski definition) is 0. The molecule has 1 aromatic heterocycles. The number of ketones is 1. The summed E-state index contributed by atoms with van der Waals surface area (Å²) in [6.45, 7) is 4.00. The molecule has 5 heteroatoms. The second-order valence-electron chi connectivity index (χ2n) is 5.41. The molecule has 92 valence electrons. The summed E-state index contributed by atoms with van der Waals surface area (Å²) in [7, 11) is 2.93. The van der Waals surface area contributed by atoms with E-state index >= 15 is 0 Å². The molecule has 1 unspecified atom stereocenters. The number of Topliss-reactive ketones (excluding diaryl/α,β-unsaturated/α-hetero) is 1. The number of nitrogens with zero attached hydrogens (tertiary/aromatic N) is 2. The van der Waals surface area contributed by atoms with Gasteiger partial charge in [0, 0.05) is 26.2 Å². The average Bonchev–Trinajstić information content (AvgIpc) is 2.89. The topological polar surface area (TPSA) is 61.1 Å². The number of aryl methyl sites for hydroxylation is 1. The van der Waals surface area contributed by atoms with E-state index in [1.165, 1.54) is 24.9 Å². The molecule has 1 heterocycles. The Morgan fingerprint density at radius 2 is 1.88 bits per heavy atom. The lowest BCUT2D eigenvalue weighted by atomic mass is 10.0. The van der Waals surface area contributed by atoms with E-state index in [1.54, 1.807) is 0 Å². The van der Waals surface area contributed by atoms with Crippen LogP contribution in [-0.2, 0) is 14.1 Å². The Hall–Kier alpha value is -1.65. The standard InChI is InChI=1S/C12H16N2O3/c1-12(2)5-8(12)9(15)7-6-13(3)11(17)14(4)10(7)16/h6,8H,5H2,1-4H3. The van der Waals surface area contributed by atoms with Gasteiger partial charge in [0.15, 0.2) is 5.78 Å². The van der Waals surface area contributed by atoms with E-state index in [-0.39, 0.29) is 22.7 Å². The fourth-order valence-corrected chi connectivity index (χ4v) is 2.08. The van der Waals surface area contributed by atoms with Gasteiger partial charge in [0.05, 0.1) is 5.56 Å². The highest BCUT2D eigenvalue weighted by molar-refractivity contribution is 5.99. The number of carbonyl (C=O) groups is 1. The first kappa shape index (κ1) is 11.8. The van der Waals surface area contributed by atoms with E-state index < -0.39 is 11.2 Å². The summed E-state index contributed by atoms with van der Waals surface area (Å²) in [6, 6.07) is 0. The molecule has 1 aromatic rings. The van der Waals surface area contributed by atoms with Crippen LogP contribution in [0.1, 0.15) is 30.6 Å². The highest BCUT2D eigenvalue weighted by Gasteiger charge is 2.51. The van der Waals surface area contributed by atoms with Gasteiger partial charge < -0.3 is 4.57 Å². The van der Waals surface area contributed by atoms with E-state index in [4.69, 9.17) is 0 Å². The van der Waals surface area contributed by atoms with Gasteiger partial charge in [-0.3, -0.25) is 14.2 Å². The number of aromatic nitrogens is 2. The van der Waals surface area contributed by atoms with Crippen LogP contribution in [0.4, 0.5) is 0 Å². The molecule has 1 aliphatic rings. The van der Waals surface area contributed by atoms with Gasteiger partial charge in [0.25, 0.3) is 5.56 Å². The van der Waals surface area contributed by atoms with E-state index in [1.807, 2.05) is 13.8 Å². The van der Waals surface area contributed by atoms with Crippen molar-refractivity contribution in [3.63, 3.8) is 0 Å². The summed E-state index contributed by atoms with van der Waals surface area (Å²) in [5.74, 6) is -0.237. The lowest BCUT2D eigenvalue weighted by Crippen LogP contribution is -2.40. The third-order valence-corrected chi connectivity index (χ3v) is 3.54. The Bertz CT molecular complexity index is 607. The van der Waals surface area contributed by atoms with E-state index in [2.05, 4.69) is 0 Å². The Morgan fingerprint density at radius 1 is 1.35 bits per heavy atom. The van der Waals surface area contributed by atoms with E-state index in [9.17, 15) is 14.4 Å². The van der Waals surface area contributed by atoms with Crippen molar-refractivity contribution in [2.45, 2.75) is 20.3 Å². The predicted molar refractivity (Wildman–Crippen MR) is 63.1 cm³/mol. The summed E-state index contributed by atoms with van der Waals surface area (Å²) in [4.78, 5) is 35.5. The van der Waals surface area contributed by atoms with Gasteiger partial charge in [-0.2, -0.15) is 0 Å². The Kier molecular flexibility index (Phi) is 2.38. The molecule has 2 rings (SSSR count). The first-order valence-electron chi connectivity index (χ1n) is 5.56. The quantitative estimate of drug-likeness (QED) is 0.694. The van der Waals surface area contributed by atoms with Crippen molar-refractivity contribution < 1.29 is 4.79 Å². The van der Waals surface area contributed by atoms with Crippen LogP contribution in [0.5, 0.6) is 0 Å². The molecule has 0 saturated heterocycles. The number of hydrogen-bond acceptors (Lipinski definition) is 3. The first-order valence-corrected chi connectivity index (χ1v) is 5.56. The minimum absolute atomic E-state index is 0.0171. The van der Waals surface area contributed by atoms with Crippen molar-refractivity contribution in [1.29, 1.82) is 0 Å². The molecular weight excluding hydrogens is 220 g/mol. The molecule has 1 atom stereocenters. The van der Waals surface area contributed by atoms with Gasteiger partial charge in [-0.25, -0.2) is 4.79 Å². The summed E-state index contributed by atoms with van der Waals surface area (Å²) < 4.78 is 2.24. The van der Waals surface area contributed by atoms with Crippen molar-refractivity contribution in [1.82, 2.24) is 9.13 Å². The second kappa shape index (κ2) is 3.42. The normalized spacial score (nSPS) is 21.3. The minimum atomic E-state index is -0.499. The molecule has 0 aliphatic heterocycles. The molecule has 1 fully saturated rings. The molecule has 0 radical (unpaired) electrons. The largest absolute Gasteiger partial charge is 0.330 e. The van der Waals surface area contributed by atoms with Gasteiger partial charge in [-0.1, -0.05) is 13.8 Å². The fraction of sp³-hybridized carbons (Fsp3) is 0.583. The van der Waals surface area contributed by atoms with Crippen molar-refractivity contribution >= 4 is 5.78 Å². The third kappa shape index (κ3) is 1.75. The van der Waals surface area contributed by atoms with Crippen molar-refractivity contribution in [2.24, 2.45) is 25.4 Å². The molecule has 0 bridgehead atoms. The van der Waals surface area contributed by atoms with Crippen LogP contribution in [0.25, 0.3) is 0 Å². The van der Waals surface area contributed by atoms with Crippen LogP contribution in [0.15, 0.2) is 15.8 Å². The smallest absolute Gasteiger partial charge is 0.303 e. The molecule has 0 amide bonds. The molecular formula is C12H16N2O3. The zero-order valence-electron chi connectivity index (χ0n) is 10.5. The SMILES string of the molecule is Cn1cc(C(=O)C2CC2(C)C)c(=O)n(C)c1=O. The van der Waals surface area contributed by atoms with E-state index in [0.717, 1.165) is 11.0 Å². The summed E-state index contributed by atoms with van der Waals surface area (Å²) in [5.41, 5.74) is -0.816. The summed E-state index contributed by atoms with van der Waals surface area (Å²) >= 11 is 0. The van der Waals surface area contributed by atoms with Gasteiger partial charge in [0.1, 0.15) is 0 Å². The number of carbonyl (C=O) groups excluding carboxylic acids is 1. The molecule has 1 saturated carbocycles.